The van der Waals surface area contributed by atoms with Crippen LogP contribution in [0.15, 0.2) is 60.0 Å². The molecule has 40 heavy (non-hydrogen) atoms. The fourth-order valence-corrected chi connectivity index (χ4v) is 5.37. The number of nitrogens with zero attached hydrogens (tertiary/aromatic N) is 3. The monoisotopic (exact) mass is 604 g/mol. The number of hydrogen-bond acceptors (Lipinski definition) is 7. The number of aliphatic carboxylic acids is 1. The van der Waals surface area contributed by atoms with Gasteiger partial charge in [-0.1, -0.05) is 41.4 Å². The summed E-state index contributed by atoms with van der Waals surface area (Å²) in [6.45, 7) is 0.0729. The van der Waals surface area contributed by atoms with Crippen LogP contribution in [0.3, 0.4) is 0 Å². The number of hydrogen-bond donors (Lipinski definition) is 2. The number of halogens is 2. The van der Waals surface area contributed by atoms with Crippen molar-refractivity contribution >= 4 is 63.9 Å². The number of carboxylic acids is 1. The van der Waals surface area contributed by atoms with Gasteiger partial charge in [-0.3, -0.25) is 29.3 Å². The summed E-state index contributed by atoms with van der Waals surface area (Å²) < 4.78 is 0. The highest BCUT2D eigenvalue weighted by atomic mass is 35.5. The second kappa shape index (κ2) is 12.5. The first-order valence-corrected chi connectivity index (χ1v) is 13.5. The second-order valence-electron chi connectivity index (χ2n) is 8.86. The molecule has 2 heterocycles. The lowest BCUT2D eigenvalue weighted by Gasteiger charge is -2.31. The van der Waals surface area contributed by atoms with Crippen LogP contribution in [0.2, 0.25) is 10.0 Å². The molecule has 2 atom stereocenters. The number of benzene rings is 2. The van der Waals surface area contributed by atoms with Gasteiger partial charge in [-0.25, -0.2) is 0 Å². The van der Waals surface area contributed by atoms with E-state index in [0.717, 1.165) is 4.88 Å². The van der Waals surface area contributed by atoms with Crippen molar-refractivity contribution in [2.75, 3.05) is 13.1 Å². The van der Waals surface area contributed by atoms with Crippen molar-refractivity contribution in [3.63, 3.8) is 0 Å². The van der Waals surface area contributed by atoms with E-state index < -0.39 is 47.2 Å². The smallest absolute Gasteiger partial charge is 0.305 e. The van der Waals surface area contributed by atoms with Gasteiger partial charge >= 0.3 is 5.97 Å². The lowest BCUT2D eigenvalue weighted by Crippen LogP contribution is -2.54. The van der Waals surface area contributed by atoms with E-state index in [4.69, 9.17) is 23.2 Å². The molecule has 3 aromatic rings. The number of non-ortho nitro benzene ring substituents is 1. The molecule has 14 heteroatoms. The molecule has 0 saturated carbocycles. The summed E-state index contributed by atoms with van der Waals surface area (Å²) in [6, 6.07) is 11.9. The second-order valence-corrected chi connectivity index (χ2v) is 10.7. The average molecular weight is 605 g/mol. The zero-order chi connectivity index (χ0) is 29.0. The Balaban J connectivity index is 1.67. The normalized spacial score (nSPS) is 15.5. The summed E-state index contributed by atoms with van der Waals surface area (Å²) in [5.41, 5.74) is 0.0365. The minimum Gasteiger partial charge on any atom is -0.481 e. The highest BCUT2D eigenvalue weighted by Gasteiger charge is 2.43. The molecule has 1 fully saturated rings. The van der Waals surface area contributed by atoms with Crippen LogP contribution < -0.4 is 5.32 Å². The van der Waals surface area contributed by atoms with Gasteiger partial charge in [-0.15, -0.1) is 11.3 Å². The van der Waals surface area contributed by atoms with Gasteiger partial charge in [-0.05, 0) is 35.2 Å². The molecule has 11 nitrogen and oxygen atoms in total. The Bertz CT molecular complexity index is 1470. The maximum atomic E-state index is 13.7. The molecule has 1 saturated heterocycles. The van der Waals surface area contributed by atoms with Gasteiger partial charge in [0.15, 0.2) is 6.17 Å². The van der Waals surface area contributed by atoms with E-state index in [2.05, 4.69) is 5.32 Å². The predicted molar refractivity (Wildman–Crippen MR) is 147 cm³/mol. The minimum absolute atomic E-state index is 0.000313. The maximum absolute atomic E-state index is 13.7. The minimum atomic E-state index is -1.41. The number of nitro groups is 1. The molecule has 0 aliphatic carbocycles. The Morgan fingerprint density at radius 1 is 1.05 bits per heavy atom. The van der Waals surface area contributed by atoms with Crippen LogP contribution in [0, 0.1) is 10.1 Å². The number of nitro benzene ring substituents is 1. The summed E-state index contributed by atoms with van der Waals surface area (Å²) in [5.74, 6) is -3.08. The fourth-order valence-electron chi connectivity index (χ4n) is 4.37. The molecule has 0 bridgehead atoms. The fraction of sp³-hybridized carbons (Fsp3) is 0.231. The van der Waals surface area contributed by atoms with Gasteiger partial charge in [0.2, 0.25) is 5.91 Å². The zero-order valence-electron chi connectivity index (χ0n) is 20.7. The first kappa shape index (κ1) is 29.0. The Hall–Kier alpha value is -4.00. The highest BCUT2D eigenvalue weighted by molar-refractivity contribution is 7.10. The van der Waals surface area contributed by atoms with Crippen molar-refractivity contribution in [1.82, 2.24) is 15.1 Å². The summed E-state index contributed by atoms with van der Waals surface area (Å²) >= 11 is 13.4. The van der Waals surface area contributed by atoms with Crippen molar-refractivity contribution in [2.24, 2.45) is 0 Å². The van der Waals surface area contributed by atoms with Crippen LogP contribution in [0.4, 0.5) is 5.69 Å². The summed E-state index contributed by atoms with van der Waals surface area (Å²) in [5, 5.41) is 25.5. The lowest BCUT2D eigenvalue weighted by molar-refractivity contribution is -0.384. The largest absolute Gasteiger partial charge is 0.481 e. The number of carbonyl (C=O) groups excluding carboxylic acids is 3. The molecular formula is C26H22Cl2N4O7S. The average Bonchev–Trinajstić information content (AvgIpc) is 3.59. The van der Waals surface area contributed by atoms with E-state index in [-0.39, 0.29) is 46.4 Å². The molecule has 2 aromatic carbocycles. The SMILES string of the molecule is O=C(O)CC(NC(=O)C1N(C(=O)Cc2cccs2)CCN1C(=O)c1ccc(Cl)c(Cl)c1)c1cccc([N+](=O)[O-])c1. The van der Waals surface area contributed by atoms with Crippen molar-refractivity contribution in [3.8, 4) is 0 Å². The molecule has 0 spiro atoms. The summed E-state index contributed by atoms with van der Waals surface area (Å²) in [7, 11) is 0. The van der Waals surface area contributed by atoms with E-state index in [0.29, 0.717) is 0 Å². The molecule has 1 aromatic heterocycles. The standard InChI is InChI=1S/C26H22Cl2N4O7S/c27-19-7-6-16(12-20(19)28)26(37)31-9-8-30(22(33)13-18-5-2-10-40-18)25(31)24(36)29-21(14-23(34)35)15-3-1-4-17(11-15)32(38)39/h1-7,10-12,21,25H,8-9,13-14H2,(H,29,36)(H,34,35). The number of nitrogens with one attached hydrogen (secondary N) is 1. The Labute approximate surface area is 242 Å². The molecule has 4 rings (SSSR count). The number of thiophene rings is 1. The number of amides is 3. The molecule has 1 aliphatic heterocycles. The highest BCUT2D eigenvalue weighted by Crippen LogP contribution is 2.27. The predicted octanol–water partition coefficient (Wildman–Crippen LogP) is 4.15. The Kier molecular flexibility index (Phi) is 9.03. The van der Waals surface area contributed by atoms with Crippen LogP contribution >= 0.6 is 34.5 Å². The Morgan fingerprint density at radius 3 is 2.45 bits per heavy atom. The van der Waals surface area contributed by atoms with E-state index in [1.54, 1.807) is 12.1 Å². The van der Waals surface area contributed by atoms with Crippen LogP contribution in [0.1, 0.15) is 33.3 Å². The van der Waals surface area contributed by atoms with Crippen molar-refractivity contribution in [1.29, 1.82) is 0 Å². The zero-order valence-corrected chi connectivity index (χ0v) is 23.0. The maximum Gasteiger partial charge on any atom is 0.305 e. The van der Waals surface area contributed by atoms with Crippen LogP contribution in [0.5, 0.6) is 0 Å². The molecule has 2 unspecified atom stereocenters. The van der Waals surface area contributed by atoms with Crippen molar-refractivity contribution in [3.05, 3.63) is 96.1 Å². The first-order valence-electron chi connectivity index (χ1n) is 11.9. The number of carbonyl (C=O) groups is 4. The van der Waals surface area contributed by atoms with E-state index in [9.17, 15) is 34.4 Å². The number of rotatable bonds is 9. The number of carboxylic acid groups (broad SMARTS) is 1. The molecular weight excluding hydrogens is 583 g/mol. The van der Waals surface area contributed by atoms with Gasteiger partial charge < -0.3 is 20.2 Å². The van der Waals surface area contributed by atoms with Gasteiger partial charge in [0.25, 0.3) is 17.5 Å². The van der Waals surface area contributed by atoms with Crippen molar-refractivity contribution < 1.29 is 29.2 Å². The van der Waals surface area contributed by atoms with Gasteiger partial charge in [-0.2, -0.15) is 0 Å². The van der Waals surface area contributed by atoms with Crippen LogP contribution in [-0.4, -0.2) is 62.8 Å². The topological polar surface area (TPSA) is 150 Å². The first-order chi connectivity index (χ1) is 19.0. The van der Waals surface area contributed by atoms with E-state index in [1.807, 2.05) is 5.38 Å². The molecule has 1 aliphatic rings. The van der Waals surface area contributed by atoms with Gasteiger partial charge in [0.1, 0.15) is 0 Å². The molecule has 2 N–H and O–H groups in total. The third kappa shape index (κ3) is 6.58. The van der Waals surface area contributed by atoms with E-state index in [1.165, 1.54) is 63.6 Å². The third-order valence-electron chi connectivity index (χ3n) is 6.24. The summed E-state index contributed by atoms with van der Waals surface area (Å²) in [6.07, 6.45) is -2.01. The Morgan fingerprint density at radius 2 is 1.80 bits per heavy atom. The van der Waals surface area contributed by atoms with E-state index >= 15 is 0 Å². The van der Waals surface area contributed by atoms with Gasteiger partial charge in [0.05, 0.1) is 33.9 Å². The van der Waals surface area contributed by atoms with Gasteiger partial charge in [0, 0.05) is 35.7 Å². The molecule has 208 valence electrons. The molecule has 0 radical (unpaired) electrons. The third-order valence-corrected chi connectivity index (χ3v) is 7.85. The quantitative estimate of drug-likeness (QED) is 0.275. The summed E-state index contributed by atoms with van der Waals surface area (Å²) in [4.78, 5) is 66.0. The lowest BCUT2D eigenvalue weighted by atomic mass is 10.0. The van der Waals surface area contributed by atoms with Crippen LogP contribution in [-0.2, 0) is 20.8 Å². The van der Waals surface area contributed by atoms with Crippen LogP contribution in [0.25, 0.3) is 0 Å². The molecule has 3 amide bonds. The van der Waals surface area contributed by atoms with Crippen molar-refractivity contribution in [2.45, 2.75) is 25.0 Å².